The Morgan fingerprint density at radius 1 is 1.06 bits per heavy atom. The highest BCUT2D eigenvalue weighted by atomic mass is 32.2. The van der Waals surface area contributed by atoms with Crippen LogP contribution in [0.15, 0.2) is 17.0 Å². The van der Waals surface area contributed by atoms with Crippen LogP contribution in [-0.2, 0) is 22.7 Å². The molecule has 1 saturated heterocycles. The molecule has 0 aromatic heterocycles. The minimum atomic E-state index is -0.303. The predicted molar refractivity (Wildman–Crippen MR) is 128 cm³/mol. The molecule has 2 amide bonds. The molecule has 178 valence electrons. The number of amides is 2. The third kappa shape index (κ3) is 7.03. The van der Waals surface area contributed by atoms with E-state index in [9.17, 15) is 14.0 Å². The van der Waals surface area contributed by atoms with Crippen LogP contribution < -0.4 is 5.32 Å². The van der Waals surface area contributed by atoms with Crippen LogP contribution in [0.2, 0.25) is 0 Å². The van der Waals surface area contributed by atoms with Crippen molar-refractivity contribution >= 4 is 23.6 Å². The Hall–Kier alpha value is -1.44. The van der Waals surface area contributed by atoms with E-state index in [-0.39, 0.29) is 23.7 Å². The normalized spacial score (nSPS) is 18.9. The molecule has 2 aliphatic rings. The molecule has 0 aliphatic carbocycles. The second kappa shape index (κ2) is 12.7. The number of benzene rings is 1. The van der Waals surface area contributed by atoms with Gasteiger partial charge in [0, 0.05) is 24.4 Å². The summed E-state index contributed by atoms with van der Waals surface area (Å²) in [5.74, 6) is 0.368. The Morgan fingerprint density at radius 2 is 1.78 bits per heavy atom. The molecule has 3 rings (SSSR count). The number of nitrogens with one attached hydrogen (secondary N) is 1. The summed E-state index contributed by atoms with van der Waals surface area (Å²) in [6.45, 7) is 9.16. The maximum atomic E-state index is 14.2. The van der Waals surface area contributed by atoms with Gasteiger partial charge in [0.15, 0.2) is 0 Å². The summed E-state index contributed by atoms with van der Waals surface area (Å²) in [6, 6.07) is 2.94. The van der Waals surface area contributed by atoms with Gasteiger partial charge in [-0.3, -0.25) is 19.8 Å². The SMILES string of the molecule is CCN(CC)CCCCCCCCSc1cc(F)cc2c1CN(C1CCC(=O)NC1=O)C2. The fourth-order valence-electron chi connectivity index (χ4n) is 4.71. The first-order chi connectivity index (χ1) is 15.5. The van der Waals surface area contributed by atoms with Gasteiger partial charge < -0.3 is 4.90 Å². The minimum absolute atomic E-state index is 0.200. The highest BCUT2D eigenvalue weighted by Crippen LogP contribution is 2.35. The number of nitrogens with zero attached hydrogens (tertiary/aromatic N) is 2. The lowest BCUT2D eigenvalue weighted by atomic mass is 10.0. The monoisotopic (exact) mass is 463 g/mol. The predicted octanol–water partition coefficient (Wildman–Crippen LogP) is 4.72. The topological polar surface area (TPSA) is 52.6 Å². The van der Waals surface area contributed by atoms with Crippen LogP contribution in [0.25, 0.3) is 0 Å². The van der Waals surface area contributed by atoms with Gasteiger partial charge in [-0.25, -0.2) is 4.39 Å². The summed E-state index contributed by atoms with van der Waals surface area (Å²) >= 11 is 1.74. The molecule has 2 heterocycles. The Morgan fingerprint density at radius 3 is 2.50 bits per heavy atom. The highest BCUT2D eigenvalue weighted by molar-refractivity contribution is 7.99. The van der Waals surface area contributed by atoms with Gasteiger partial charge in [-0.2, -0.15) is 0 Å². The summed E-state index contributed by atoms with van der Waals surface area (Å²) in [4.78, 5) is 29.3. The lowest BCUT2D eigenvalue weighted by Crippen LogP contribution is -2.50. The number of thioether (sulfide) groups is 1. The van der Waals surface area contributed by atoms with Crippen LogP contribution in [0.4, 0.5) is 4.39 Å². The van der Waals surface area contributed by atoms with Crippen LogP contribution in [0, 0.1) is 5.82 Å². The largest absolute Gasteiger partial charge is 0.304 e. The lowest BCUT2D eigenvalue weighted by molar-refractivity contribution is -0.137. The average Bonchev–Trinajstić information content (AvgIpc) is 3.18. The van der Waals surface area contributed by atoms with Crippen LogP contribution in [0.1, 0.15) is 76.3 Å². The molecule has 1 N–H and O–H groups in total. The molecule has 0 saturated carbocycles. The molecule has 0 spiro atoms. The first-order valence-electron chi connectivity index (χ1n) is 12.3. The molecule has 32 heavy (non-hydrogen) atoms. The van der Waals surface area contributed by atoms with E-state index in [1.165, 1.54) is 38.6 Å². The molecule has 1 aromatic rings. The zero-order chi connectivity index (χ0) is 22.9. The number of imide groups is 1. The van der Waals surface area contributed by atoms with E-state index in [4.69, 9.17) is 0 Å². The Balaban J connectivity index is 1.39. The van der Waals surface area contributed by atoms with E-state index in [0.29, 0.717) is 25.9 Å². The quantitative estimate of drug-likeness (QED) is 0.261. The van der Waals surface area contributed by atoms with Gasteiger partial charge in [0.1, 0.15) is 5.82 Å². The van der Waals surface area contributed by atoms with Crippen molar-refractivity contribution in [2.24, 2.45) is 0 Å². The van der Waals surface area contributed by atoms with Crippen LogP contribution in [0.3, 0.4) is 0 Å². The number of halogens is 1. The smallest absolute Gasteiger partial charge is 0.243 e. The van der Waals surface area contributed by atoms with E-state index < -0.39 is 0 Å². The number of rotatable bonds is 13. The summed E-state index contributed by atoms with van der Waals surface area (Å²) in [5, 5.41) is 2.44. The number of fused-ring (bicyclic) bond motifs is 1. The number of unbranched alkanes of at least 4 members (excludes halogenated alkanes) is 5. The molecule has 1 atom stereocenters. The number of hydrogen-bond donors (Lipinski definition) is 1. The van der Waals surface area contributed by atoms with Gasteiger partial charge in [0.05, 0.1) is 6.04 Å². The Bertz CT molecular complexity index is 785. The van der Waals surface area contributed by atoms with Crippen molar-refractivity contribution in [1.82, 2.24) is 15.1 Å². The van der Waals surface area contributed by atoms with Crippen molar-refractivity contribution < 1.29 is 14.0 Å². The average molecular weight is 464 g/mol. The van der Waals surface area contributed by atoms with Gasteiger partial charge >= 0.3 is 0 Å². The second-order valence-corrected chi connectivity index (χ2v) is 10.0. The van der Waals surface area contributed by atoms with Crippen molar-refractivity contribution in [1.29, 1.82) is 0 Å². The Kier molecular flexibility index (Phi) is 10.0. The van der Waals surface area contributed by atoms with E-state index in [0.717, 1.165) is 41.3 Å². The maximum absolute atomic E-state index is 14.2. The van der Waals surface area contributed by atoms with E-state index in [2.05, 4.69) is 29.0 Å². The van der Waals surface area contributed by atoms with E-state index in [1.54, 1.807) is 23.9 Å². The fourth-order valence-corrected chi connectivity index (χ4v) is 5.84. The standard InChI is InChI=1S/C25H38FN3O2S/c1-3-28(4-2)13-9-7-5-6-8-10-14-32-23-16-20(26)15-19-17-29(18-21(19)23)22-11-12-24(30)27-25(22)31/h15-16,22H,3-14,17-18H2,1-2H3,(H,27,30,31). The summed E-state index contributed by atoms with van der Waals surface area (Å²) < 4.78 is 14.2. The van der Waals surface area contributed by atoms with Crippen molar-refractivity contribution in [2.45, 2.75) is 89.2 Å². The van der Waals surface area contributed by atoms with Gasteiger partial charge in [0.25, 0.3) is 0 Å². The fraction of sp³-hybridized carbons (Fsp3) is 0.680. The molecular formula is C25H38FN3O2S. The van der Waals surface area contributed by atoms with Crippen molar-refractivity contribution in [3.8, 4) is 0 Å². The van der Waals surface area contributed by atoms with Gasteiger partial charge in [0.2, 0.25) is 11.8 Å². The molecule has 0 radical (unpaired) electrons. The first kappa shape index (κ1) is 25.2. The van der Waals surface area contributed by atoms with Crippen molar-refractivity contribution in [3.63, 3.8) is 0 Å². The maximum Gasteiger partial charge on any atom is 0.243 e. The first-order valence-corrected chi connectivity index (χ1v) is 13.2. The number of carbonyl (C=O) groups is 2. The molecule has 5 nitrogen and oxygen atoms in total. The Labute approximate surface area is 196 Å². The van der Waals surface area contributed by atoms with Crippen LogP contribution in [-0.4, -0.2) is 53.0 Å². The molecule has 2 aliphatic heterocycles. The molecule has 1 unspecified atom stereocenters. The number of carbonyl (C=O) groups excluding carboxylic acids is 2. The summed E-state index contributed by atoms with van der Waals surface area (Å²) in [5.41, 5.74) is 2.13. The molecule has 1 fully saturated rings. The summed E-state index contributed by atoms with van der Waals surface area (Å²) in [6.07, 6.45) is 8.42. The molecular weight excluding hydrogens is 425 g/mol. The van der Waals surface area contributed by atoms with Crippen molar-refractivity contribution in [2.75, 3.05) is 25.4 Å². The number of hydrogen-bond acceptors (Lipinski definition) is 5. The molecule has 7 heteroatoms. The highest BCUT2D eigenvalue weighted by Gasteiger charge is 2.35. The van der Waals surface area contributed by atoms with Gasteiger partial charge in [-0.15, -0.1) is 11.8 Å². The van der Waals surface area contributed by atoms with E-state index >= 15 is 0 Å². The van der Waals surface area contributed by atoms with Crippen LogP contribution in [0.5, 0.6) is 0 Å². The van der Waals surface area contributed by atoms with Gasteiger partial charge in [-0.05, 0) is 67.9 Å². The summed E-state index contributed by atoms with van der Waals surface area (Å²) in [7, 11) is 0. The third-order valence-electron chi connectivity index (χ3n) is 6.67. The van der Waals surface area contributed by atoms with Crippen LogP contribution >= 0.6 is 11.8 Å². The van der Waals surface area contributed by atoms with Gasteiger partial charge in [-0.1, -0.05) is 39.5 Å². The zero-order valence-corrected chi connectivity index (χ0v) is 20.4. The lowest BCUT2D eigenvalue weighted by Gasteiger charge is -2.29. The molecule has 0 bridgehead atoms. The van der Waals surface area contributed by atoms with Crippen molar-refractivity contribution in [3.05, 3.63) is 29.1 Å². The van der Waals surface area contributed by atoms with E-state index in [1.807, 2.05) is 0 Å². The third-order valence-corrected chi connectivity index (χ3v) is 7.84. The minimum Gasteiger partial charge on any atom is -0.304 e. The second-order valence-electron chi connectivity index (χ2n) is 8.91. The molecule has 1 aromatic carbocycles. The number of piperidine rings is 1. The zero-order valence-electron chi connectivity index (χ0n) is 19.6.